The summed E-state index contributed by atoms with van der Waals surface area (Å²) in [6.45, 7) is 4.99. The van der Waals surface area contributed by atoms with Crippen molar-refractivity contribution >= 4 is 17.3 Å². The summed E-state index contributed by atoms with van der Waals surface area (Å²) in [7, 11) is 0. The first-order valence-corrected chi connectivity index (χ1v) is 10.6. The fraction of sp³-hybridized carbons (Fsp3) is 0.280. The molecule has 30 heavy (non-hydrogen) atoms. The third-order valence-corrected chi connectivity index (χ3v) is 6.15. The number of rotatable bonds is 3. The Bertz CT molecular complexity index is 1030. The van der Waals surface area contributed by atoms with Crippen LogP contribution in [0.25, 0.3) is 0 Å². The van der Waals surface area contributed by atoms with Crippen molar-refractivity contribution in [3.8, 4) is 0 Å². The Kier molecular flexibility index (Phi) is 5.10. The minimum atomic E-state index is 0.0782. The minimum absolute atomic E-state index is 0.0782. The Morgan fingerprint density at radius 3 is 2.27 bits per heavy atom. The van der Waals surface area contributed by atoms with Crippen molar-refractivity contribution in [3.05, 3.63) is 89.7 Å². The van der Waals surface area contributed by atoms with Gasteiger partial charge in [-0.05, 0) is 35.7 Å². The predicted molar refractivity (Wildman–Crippen MR) is 120 cm³/mol. The average molecular weight is 399 g/mol. The van der Waals surface area contributed by atoms with Crippen LogP contribution >= 0.6 is 0 Å². The maximum Gasteiger partial charge on any atom is 0.255 e. The summed E-state index contributed by atoms with van der Waals surface area (Å²) in [5.74, 6) is 0.0782. The summed E-state index contributed by atoms with van der Waals surface area (Å²) in [5, 5.41) is 0. The summed E-state index contributed by atoms with van der Waals surface area (Å²) in [6, 6.07) is 21.0. The van der Waals surface area contributed by atoms with Crippen LogP contribution in [0.3, 0.4) is 0 Å². The smallest absolute Gasteiger partial charge is 0.255 e. The highest BCUT2D eigenvalue weighted by atomic mass is 16.2. The van der Waals surface area contributed by atoms with E-state index in [9.17, 15) is 4.79 Å². The van der Waals surface area contributed by atoms with Gasteiger partial charge < -0.3 is 14.7 Å². The third kappa shape index (κ3) is 3.75. The van der Waals surface area contributed by atoms with Gasteiger partial charge in [0, 0.05) is 51.2 Å². The van der Waals surface area contributed by atoms with Crippen molar-refractivity contribution in [2.45, 2.75) is 13.0 Å². The number of carbonyl (C=O) groups is 1. The van der Waals surface area contributed by atoms with Crippen LogP contribution in [0.5, 0.6) is 0 Å². The molecule has 0 atom stereocenters. The van der Waals surface area contributed by atoms with Crippen LogP contribution in [0, 0.1) is 0 Å². The number of fused-ring (bicyclic) bond motifs is 1. The monoisotopic (exact) mass is 398 g/mol. The van der Waals surface area contributed by atoms with Gasteiger partial charge in [-0.15, -0.1) is 0 Å². The molecule has 0 saturated carbocycles. The van der Waals surface area contributed by atoms with E-state index in [1.165, 1.54) is 16.8 Å². The molecule has 3 heterocycles. The lowest BCUT2D eigenvalue weighted by Gasteiger charge is -2.36. The fourth-order valence-corrected chi connectivity index (χ4v) is 4.42. The predicted octanol–water partition coefficient (Wildman–Crippen LogP) is 3.61. The normalized spacial score (nSPS) is 16.3. The highest BCUT2D eigenvalue weighted by Gasteiger charge is 2.24. The molecule has 1 aromatic heterocycles. The molecule has 152 valence electrons. The van der Waals surface area contributed by atoms with Gasteiger partial charge in [-0.1, -0.05) is 42.5 Å². The molecule has 0 unspecified atom stereocenters. The van der Waals surface area contributed by atoms with Crippen molar-refractivity contribution in [1.82, 2.24) is 9.88 Å². The zero-order valence-electron chi connectivity index (χ0n) is 17.1. The van der Waals surface area contributed by atoms with Gasteiger partial charge in [-0.25, -0.2) is 0 Å². The van der Waals surface area contributed by atoms with E-state index in [0.29, 0.717) is 5.56 Å². The van der Waals surface area contributed by atoms with Gasteiger partial charge in [0.05, 0.1) is 17.4 Å². The van der Waals surface area contributed by atoms with Crippen LogP contribution < -0.4 is 9.80 Å². The van der Waals surface area contributed by atoms with Crippen molar-refractivity contribution in [2.75, 3.05) is 42.5 Å². The molecule has 1 amide bonds. The van der Waals surface area contributed by atoms with E-state index in [-0.39, 0.29) is 5.91 Å². The number of piperazine rings is 1. The maximum absolute atomic E-state index is 13.1. The van der Waals surface area contributed by atoms with Crippen molar-refractivity contribution in [3.63, 3.8) is 0 Å². The zero-order valence-corrected chi connectivity index (χ0v) is 17.1. The molecular weight excluding hydrogens is 372 g/mol. The molecule has 0 radical (unpaired) electrons. The Morgan fingerprint density at radius 1 is 0.733 bits per heavy atom. The fourth-order valence-electron chi connectivity index (χ4n) is 4.42. The van der Waals surface area contributed by atoms with E-state index in [0.717, 1.165) is 51.4 Å². The number of anilines is 2. The molecule has 1 saturated heterocycles. The van der Waals surface area contributed by atoms with Crippen LogP contribution in [-0.2, 0) is 13.0 Å². The van der Waals surface area contributed by atoms with Crippen molar-refractivity contribution in [2.24, 2.45) is 0 Å². The Labute approximate surface area is 177 Å². The molecule has 1 fully saturated rings. The SMILES string of the molecule is O=C(c1cncc(N2CCc3ccccc3C2)c1)N1CCN(c2ccccc2)CC1. The first-order chi connectivity index (χ1) is 14.8. The molecule has 0 spiro atoms. The van der Waals surface area contributed by atoms with E-state index in [4.69, 9.17) is 0 Å². The van der Waals surface area contributed by atoms with Crippen LogP contribution in [0.15, 0.2) is 73.1 Å². The molecular formula is C25H26N4O. The lowest BCUT2D eigenvalue weighted by Crippen LogP contribution is -2.48. The second-order valence-electron chi connectivity index (χ2n) is 7.99. The second-order valence-corrected chi connectivity index (χ2v) is 7.99. The molecule has 3 aromatic rings. The number of hydrogen-bond donors (Lipinski definition) is 0. The van der Waals surface area contributed by atoms with E-state index >= 15 is 0 Å². The third-order valence-electron chi connectivity index (χ3n) is 6.15. The molecule has 0 aliphatic carbocycles. The number of hydrogen-bond acceptors (Lipinski definition) is 4. The highest BCUT2D eigenvalue weighted by Crippen LogP contribution is 2.25. The second kappa shape index (κ2) is 8.19. The molecule has 5 rings (SSSR count). The van der Waals surface area contributed by atoms with Crippen LogP contribution in [0.1, 0.15) is 21.5 Å². The first-order valence-electron chi connectivity index (χ1n) is 10.6. The Balaban J connectivity index is 1.26. The van der Waals surface area contributed by atoms with Gasteiger partial charge >= 0.3 is 0 Å². The van der Waals surface area contributed by atoms with E-state index in [2.05, 4.69) is 63.3 Å². The van der Waals surface area contributed by atoms with Gasteiger partial charge in [0.2, 0.25) is 0 Å². The van der Waals surface area contributed by atoms with E-state index in [1.54, 1.807) is 6.20 Å². The van der Waals surface area contributed by atoms with E-state index in [1.807, 2.05) is 23.2 Å². The molecule has 0 N–H and O–H groups in total. The summed E-state index contributed by atoms with van der Waals surface area (Å²) in [6.07, 6.45) is 4.60. The van der Waals surface area contributed by atoms with Crippen molar-refractivity contribution < 1.29 is 4.79 Å². The topological polar surface area (TPSA) is 39.7 Å². The van der Waals surface area contributed by atoms with Crippen LogP contribution in [0.4, 0.5) is 11.4 Å². The first kappa shape index (κ1) is 18.7. The minimum Gasteiger partial charge on any atom is -0.368 e. The molecule has 5 heteroatoms. The van der Waals surface area contributed by atoms with Crippen LogP contribution in [0.2, 0.25) is 0 Å². The quantitative estimate of drug-likeness (QED) is 0.676. The molecule has 2 aliphatic rings. The number of benzene rings is 2. The number of carbonyl (C=O) groups excluding carboxylic acids is 1. The van der Waals surface area contributed by atoms with Gasteiger partial charge in [0.15, 0.2) is 0 Å². The summed E-state index contributed by atoms with van der Waals surface area (Å²) < 4.78 is 0. The summed E-state index contributed by atoms with van der Waals surface area (Å²) in [4.78, 5) is 24.1. The summed E-state index contributed by atoms with van der Waals surface area (Å²) in [5.41, 5.74) is 5.71. The Hall–Kier alpha value is -3.34. The summed E-state index contributed by atoms with van der Waals surface area (Å²) >= 11 is 0. The molecule has 0 bridgehead atoms. The number of aromatic nitrogens is 1. The maximum atomic E-state index is 13.1. The molecule has 2 aromatic carbocycles. The number of nitrogens with zero attached hydrogens (tertiary/aromatic N) is 4. The number of pyridine rings is 1. The number of para-hydroxylation sites is 1. The van der Waals surface area contributed by atoms with Crippen LogP contribution in [-0.4, -0.2) is 48.5 Å². The van der Waals surface area contributed by atoms with Crippen molar-refractivity contribution in [1.29, 1.82) is 0 Å². The van der Waals surface area contributed by atoms with Gasteiger partial charge in [-0.2, -0.15) is 0 Å². The average Bonchev–Trinajstić information content (AvgIpc) is 2.84. The van der Waals surface area contributed by atoms with E-state index < -0.39 is 0 Å². The Morgan fingerprint density at radius 2 is 1.47 bits per heavy atom. The highest BCUT2D eigenvalue weighted by molar-refractivity contribution is 5.95. The zero-order chi connectivity index (χ0) is 20.3. The van der Waals surface area contributed by atoms with Gasteiger partial charge in [-0.3, -0.25) is 9.78 Å². The molecule has 5 nitrogen and oxygen atoms in total. The lowest BCUT2D eigenvalue weighted by atomic mass is 9.99. The standard InChI is InChI=1S/C25H26N4O/c30-25(28-14-12-27(13-15-28)23-8-2-1-3-9-23)22-16-24(18-26-17-22)29-11-10-20-6-4-5-7-21(20)19-29/h1-9,16-18H,10-15,19H2. The largest absolute Gasteiger partial charge is 0.368 e. The number of amides is 1. The molecule has 2 aliphatic heterocycles. The van der Waals surface area contributed by atoms with Gasteiger partial charge in [0.25, 0.3) is 5.91 Å². The van der Waals surface area contributed by atoms with Gasteiger partial charge in [0.1, 0.15) is 0 Å². The lowest BCUT2D eigenvalue weighted by molar-refractivity contribution is 0.0746.